The first kappa shape index (κ1) is 21.5. The molecule has 0 aliphatic carbocycles. The summed E-state index contributed by atoms with van der Waals surface area (Å²) >= 11 is -0.272. The number of rotatable bonds is 6. The second-order valence-corrected chi connectivity index (χ2v) is 7.18. The molecule has 158 valence electrons. The van der Waals surface area contributed by atoms with Crippen molar-refractivity contribution in [1.82, 2.24) is 14.1 Å². The van der Waals surface area contributed by atoms with Gasteiger partial charge < -0.3 is 9.84 Å². The summed E-state index contributed by atoms with van der Waals surface area (Å²) in [6.45, 7) is 1.90. The lowest BCUT2D eigenvalue weighted by atomic mass is 10.2. The fourth-order valence-corrected chi connectivity index (χ4v) is 3.26. The van der Waals surface area contributed by atoms with Crippen LogP contribution in [-0.2, 0) is 11.3 Å². The lowest BCUT2D eigenvalue weighted by Gasteiger charge is -2.07. The minimum Gasteiger partial charge on any atom is -0.493 e. The zero-order valence-corrected chi connectivity index (χ0v) is 16.4. The number of esters is 1. The smallest absolute Gasteiger partial charge is 0.446 e. The second-order valence-electron chi connectivity index (χ2n) is 6.04. The fourth-order valence-electron chi connectivity index (χ4n) is 2.72. The minimum atomic E-state index is -4.42. The third kappa shape index (κ3) is 5.03. The maximum atomic E-state index is 12.7. The molecule has 0 saturated carbocycles. The van der Waals surface area contributed by atoms with Crippen LogP contribution < -0.4 is 5.69 Å². The van der Waals surface area contributed by atoms with Crippen LogP contribution in [0.3, 0.4) is 0 Å². The molecule has 0 saturated heterocycles. The fraction of sp³-hybridized carbons (Fsp3) is 0.211. The summed E-state index contributed by atoms with van der Waals surface area (Å²) in [5.74, 6) is -0.972. The number of halogens is 3. The van der Waals surface area contributed by atoms with Crippen LogP contribution in [0.25, 0.3) is 5.69 Å². The van der Waals surface area contributed by atoms with Crippen molar-refractivity contribution >= 4 is 17.7 Å². The van der Waals surface area contributed by atoms with Crippen molar-refractivity contribution in [2.75, 3.05) is 6.61 Å². The van der Waals surface area contributed by atoms with Crippen LogP contribution in [0.1, 0.15) is 23.0 Å². The number of pyridine rings is 1. The predicted molar refractivity (Wildman–Crippen MR) is 103 cm³/mol. The number of carbonyl (C=O) groups is 1. The monoisotopic (exact) mass is 439 g/mol. The maximum absolute atomic E-state index is 12.7. The summed E-state index contributed by atoms with van der Waals surface area (Å²) in [6, 6.07) is 8.13. The average Bonchev–Trinajstić information content (AvgIpc) is 2.95. The molecule has 0 aliphatic rings. The molecular weight excluding hydrogens is 423 g/mol. The van der Waals surface area contributed by atoms with E-state index in [1.54, 1.807) is 13.0 Å². The molecule has 7 nitrogen and oxygen atoms in total. The number of hydrogen-bond donors (Lipinski definition) is 1. The molecule has 2 aromatic heterocycles. The van der Waals surface area contributed by atoms with E-state index in [4.69, 9.17) is 4.74 Å². The molecule has 1 aromatic carbocycles. The molecule has 0 spiro atoms. The van der Waals surface area contributed by atoms with Gasteiger partial charge in [0.2, 0.25) is 5.88 Å². The molecule has 11 heteroatoms. The zero-order valence-electron chi connectivity index (χ0n) is 15.6. The number of nitrogens with zero attached hydrogens (tertiary/aromatic N) is 3. The first-order valence-electron chi connectivity index (χ1n) is 8.67. The van der Waals surface area contributed by atoms with E-state index in [-0.39, 0.29) is 47.1 Å². The molecule has 2 heterocycles. The van der Waals surface area contributed by atoms with Gasteiger partial charge in [-0.25, -0.2) is 19.1 Å². The van der Waals surface area contributed by atoms with E-state index >= 15 is 0 Å². The molecule has 0 aliphatic heterocycles. The van der Waals surface area contributed by atoms with Crippen molar-refractivity contribution in [2.45, 2.75) is 23.9 Å². The third-order valence-electron chi connectivity index (χ3n) is 3.93. The maximum Gasteiger partial charge on any atom is 0.446 e. The van der Waals surface area contributed by atoms with Gasteiger partial charge in [-0.15, -0.1) is 0 Å². The van der Waals surface area contributed by atoms with E-state index in [1.165, 1.54) is 47.3 Å². The molecule has 0 unspecified atom stereocenters. The van der Waals surface area contributed by atoms with Crippen molar-refractivity contribution in [3.8, 4) is 11.6 Å². The SMILES string of the molecule is CCOC(=O)c1cc(Cn2cc(O)n(-c3ccc(SC(F)(F)F)cc3)c2=O)ccn1. The Balaban J connectivity index is 1.85. The van der Waals surface area contributed by atoms with E-state index in [0.717, 1.165) is 4.57 Å². The molecule has 0 atom stereocenters. The topological polar surface area (TPSA) is 86.4 Å². The minimum absolute atomic E-state index is 0.0380. The Morgan fingerprint density at radius 1 is 1.23 bits per heavy atom. The van der Waals surface area contributed by atoms with Crippen molar-refractivity contribution in [3.63, 3.8) is 0 Å². The highest BCUT2D eigenvalue weighted by molar-refractivity contribution is 8.00. The summed E-state index contributed by atoms with van der Waals surface area (Å²) in [6.07, 6.45) is 2.60. The largest absolute Gasteiger partial charge is 0.493 e. The molecular formula is C19H16F3N3O4S. The van der Waals surface area contributed by atoms with Crippen molar-refractivity contribution in [2.24, 2.45) is 0 Å². The quantitative estimate of drug-likeness (QED) is 0.467. The highest BCUT2D eigenvalue weighted by Crippen LogP contribution is 2.37. The van der Waals surface area contributed by atoms with Gasteiger partial charge in [-0.05, 0) is 60.6 Å². The number of aromatic hydroxyl groups is 1. The summed E-state index contributed by atoms with van der Waals surface area (Å²) in [5, 5.41) is 10.2. The lowest BCUT2D eigenvalue weighted by Crippen LogP contribution is -2.23. The Hall–Kier alpha value is -3.21. The van der Waals surface area contributed by atoms with Gasteiger partial charge in [0.05, 0.1) is 25.0 Å². The third-order valence-corrected chi connectivity index (χ3v) is 4.67. The summed E-state index contributed by atoms with van der Waals surface area (Å²) in [7, 11) is 0. The van der Waals surface area contributed by atoms with E-state index in [9.17, 15) is 27.9 Å². The molecule has 3 aromatic rings. The van der Waals surface area contributed by atoms with E-state index in [1.807, 2.05) is 0 Å². The molecule has 30 heavy (non-hydrogen) atoms. The first-order valence-corrected chi connectivity index (χ1v) is 9.49. The average molecular weight is 439 g/mol. The Morgan fingerprint density at radius 2 is 1.93 bits per heavy atom. The lowest BCUT2D eigenvalue weighted by molar-refractivity contribution is -0.0328. The molecule has 0 fully saturated rings. The number of benzene rings is 1. The van der Waals surface area contributed by atoms with Gasteiger partial charge in [-0.3, -0.25) is 4.57 Å². The Labute approximate surface area is 172 Å². The molecule has 1 N–H and O–H groups in total. The van der Waals surface area contributed by atoms with Crippen LogP contribution in [0.5, 0.6) is 5.88 Å². The van der Waals surface area contributed by atoms with Gasteiger partial charge in [0.25, 0.3) is 0 Å². The van der Waals surface area contributed by atoms with Crippen LogP contribution >= 0.6 is 11.8 Å². The molecule has 0 bridgehead atoms. The van der Waals surface area contributed by atoms with E-state index in [2.05, 4.69) is 4.98 Å². The standard InChI is InChI=1S/C19H16F3N3O4S/c1-2-29-17(27)15-9-12(7-8-23-15)10-24-11-16(26)25(18(24)28)13-3-5-14(6-4-13)30-19(20,21)22/h3-9,11,26H,2,10H2,1H3. The van der Waals surface area contributed by atoms with Crippen LogP contribution in [0.4, 0.5) is 13.2 Å². The zero-order chi connectivity index (χ0) is 21.9. The number of hydrogen-bond acceptors (Lipinski definition) is 6. The second kappa shape index (κ2) is 8.66. The number of alkyl halides is 3. The van der Waals surface area contributed by atoms with Crippen molar-refractivity contribution in [3.05, 3.63) is 70.5 Å². The number of ether oxygens (including phenoxy) is 1. The van der Waals surface area contributed by atoms with Crippen LogP contribution in [0, 0.1) is 0 Å². The van der Waals surface area contributed by atoms with Crippen LogP contribution in [0.2, 0.25) is 0 Å². The Kier molecular flexibility index (Phi) is 6.20. The Morgan fingerprint density at radius 3 is 2.57 bits per heavy atom. The van der Waals surface area contributed by atoms with E-state index in [0.29, 0.717) is 5.56 Å². The van der Waals surface area contributed by atoms with Crippen LogP contribution in [-0.4, -0.2) is 37.3 Å². The van der Waals surface area contributed by atoms with Gasteiger partial charge in [0.1, 0.15) is 5.69 Å². The summed E-state index contributed by atoms with van der Waals surface area (Å²) in [5.41, 5.74) is -4.15. The van der Waals surface area contributed by atoms with Gasteiger partial charge in [0.15, 0.2) is 0 Å². The summed E-state index contributed by atoms with van der Waals surface area (Å²) < 4.78 is 44.4. The number of carbonyl (C=O) groups excluding carboxylic acids is 1. The highest BCUT2D eigenvalue weighted by Gasteiger charge is 2.29. The van der Waals surface area contributed by atoms with E-state index < -0.39 is 17.2 Å². The van der Waals surface area contributed by atoms with Crippen molar-refractivity contribution in [1.29, 1.82) is 0 Å². The molecule has 3 rings (SSSR count). The summed E-state index contributed by atoms with van der Waals surface area (Å²) in [4.78, 5) is 28.4. The van der Waals surface area contributed by atoms with Gasteiger partial charge >= 0.3 is 17.2 Å². The first-order chi connectivity index (χ1) is 14.2. The van der Waals surface area contributed by atoms with Gasteiger partial charge in [-0.2, -0.15) is 13.2 Å². The predicted octanol–water partition coefficient (Wildman–Crippen LogP) is 3.58. The van der Waals surface area contributed by atoms with Gasteiger partial charge in [0, 0.05) is 11.1 Å². The molecule has 0 amide bonds. The highest BCUT2D eigenvalue weighted by atomic mass is 32.2. The number of aromatic nitrogens is 3. The number of thioether (sulfide) groups is 1. The molecule has 0 radical (unpaired) electrons. The number of imidazole rings is 1. The van der Waals surface area contributed by atoms with Crippen molar-refractivity contribution < 1.29 is 27.8 Å². The van der Waals surface area contributed by atoms with Crippen LogP contribution in [0.15, 0.2) is 58.5 Å². The Bertz CT molecular complexity index is 1110. The normalized spacial score (nSPS) is 11.5. The van der Waals surface area contributed by atoms with Gasteiger partial charge in [-0.1, -0.05) is 0 Å².